The minimum atomic E-state index is -4.63. The number of carbonyl (C=O) groups is 4. The molecule has 64 heavy (non-hydrogen) atoms. The number of alkyl halides is 6. The smallest absolute Gasteiger partial charge is 0.416 e. The number of carboxylic acid groups (broad SMARTS) is 1. The molecule has 0 bridgehead atoms. The zero-order valence-corrected chi connectivity index (χ0v) is 34.2. The van der Waals surface area contributed by atoms with Crippen molar-refractivity contribution in [2.45, 2.75) is 59.2 Å². The van der Waals surface area contributed by atoms with Crippen LogP contribution in [0.1, 0.15) is 75.4 Å². The van der Waals surface area contributed by atoms with Crippen LogP contribution in [0.2, 0.25) is 0 Å². The molecule has 0 aliphatic rings. The number of carbonyl (C=O) groups excluding carboxylic acids is 3. The van der Waals surface area contributed by atoms with Crippen molar-refractivity contribution in [2.75, 3.05) is 5.32 Å². The molecule has 1 aromatic heterocycles. The Morgan fingerprint density at radius 1 is 0.641 bits per heavy atom. The van der Waals surface area contributed by atoms with Crippen LogP contribution in [0, 0.1) is 18.6 Å². The first-order valence-corrected chi connectivity index (χ1v) is 19.1. The number of Topliss-reactive ketones (excluding diaryl/α,β-unsaturated/α-hetero) is 2. The molecule has 0 fully saturated rings. The van der Waals surface area contributed by atoms with Gasteiger partial charge in [-0.15, -0.1) is 0 Å². The van der Waals surface area contributed by atoms with Crippen molar-refractivity contribution in [3.8, 4) is 28.4 Å². The lowest BCUT2D eigenvalue weighted by molar-refractivity contribution is -0.138. The summed E-state index contributed by atoms with van der Waals surface area (Å²) in [5.41, 5.74) is 0.505. The van der Waals surface area contributed by atoms with Crippen molar-refractivity contribution < 1.29 is 68.9 Å². The second-order valence-corrected chi connectivity index (χ2v) is 14.3. The van der Waals surface area contributed by atoms with Crippen molar-refractivity contribution in [1.29, 1.82) is 0 Å². The first-order valence-electron chi connectivity index (χ1n) is 19.1. The van der Waals surface area contributed by atoms with E-state index in [-0.39, 0.29) is 65.7 Å². The molecule has 0 radical (unpaired) electrons. The van der Waals surface area contributed by atoms with Gasteiger partial charge in [0.1, 0.15) is 42.1 Å². The molecule has 0 aliphatic carbocycles. The number of ether oxygens (including phenoxy) is 2. The molecule has 6 rings (SSSR count). The Balaban J connectivity index is 0.000000259. The number of rotatable bonds is 14. The monoisotopic (exact) mass is 894 g/mol. The Morgan fingerprint density at radius 2 is 1.17 bits per heavy atom. The van der Waals surface area contributed by atoms with Gasteiger partial charge in [-0.25, -0.2) is 13.6 Å². The van der Waals surface area contributed by atoms with Crippen LogP contribution >= 0.6 is 0 Å². The fourth-order valence-electron chi connectivity index (χ4n) is 6.22. The Kier molecular flexibility index (Phi) is 15.1. The van der Waals surface area contributed by atoms with Crippen LogP contribution in [0.25, 0.3) is 16.9 Å². The van der Waals surface area contributed by atoms with Crippen LogP contribution in [0.3, 0.4) is 0 Å². The molecule has 9 nitrogen and oxygen atoms in total. The minimum absolute atomic E-state index is 0.0177. The Morgan fingerprint density at radius 3 is 1.69 bits per heavy atom. The number of nitrogens with one attached hydrogen (secondary N) is 1. The maximum atomic E-state index is 13.7. The number of anilines is 1. The first kappa shape index (κ1) is 47.7. The summed E-state index contributed by atoms with van der Waals surface area (Å²) in [4.78, 5) is 46.7. The van der Waals surface area contributed by atoms with Crippen LogP contribution in [0.15, 0.2) is 115 Å². The summed E-state index contributed by atoms with van der Waals surface area (Å²) in [7, 11) is 0. The van der Waals surface area contributed by atoms with E-state index < -0.39 is 52.8 Å². The molecule has 6 aromatic rings. The lowest BCUT2D eigenvalue weighted by Crippen LogP contribution is -2.10. The first-order chi connectivity index (χ1) is 30.1. The summed E-state index contributed by atoms with van der Waals surface area (Å²) in [6.07, 6.45) is -9.50. The van der Waals surface area contributed by atoms with E-state index in [9.17, 15) is 59.4 Å². The fourth-order valence-corrected chi connectivity index (χ4v) is 6.22. The highest BCUT2D eigenvalue weighted by Gasteiger charge is 2.33. The molecule has 17 heteroatoms. The number of ketones is 2. The topological polar surface area (TPSA) is 124 Å². The van der Waals surface area contributed by atoms with Gasteiger partial charge >= 0.3 is 18.3 Å². The normalized spacial score (nSPS) is 11.3. The average Bonchev–Trinajstić information content (AvgIpc) is 3.62. The fraction of sp³-hybridized carbons (Fsp3) is 0.191. The second-order valence-electron chi connectivity index (χ2n) is 14.3. The van der Waals surface area contributed by atoms with E-state index in [0.717, 1.165) is 30.3 Å². The third-order valence-corrected chi connectivity index (χ3v) is 9.33. The Bertz CT molecular complexity index is 2650. The molecule has 0 aliphatic heterocycles. The molecule has 2 N–H and O–H groups in total. The van der Waals surface area contributed by atoms with E-state index in [2.05, 4.69) is 5.32 Å². The zero-order chi connectivity index (χ0) is 46.9. The third-order valence-electron chi connectivity index (χ3n) is 9.33. The van der Waals surface area contributed by atoms with Crippen molar-refractivity contribution in [3.63, 3.8) is 0 Å². The maximum absolute atomic E-state index is 13.7. The number of aromatic nitrogens is 1. The number of nitrogens with zero attached hydrogens (tertiary/aromatic N) is 1. The molecule has 0 atom stereocenters. The lowest BCUT2D eigenvalue weighted by atomic mass is 10.0. The van der Waals surface area contributed by atoms with Crippen molar-refractivity contribution in [1.82, 2.24) is 4.57 Å². The lowest BCUT2D eigenvalue weighted by Gasteiger charge is -2.19. The summed E-state index contributed by atoms with van der Waals surface area (Å²) in [5, 5.41) is 12.1. The van der Waals surface area contributed by atoms with Gasteiger partial charge in [-0.05, 0) is 116 Å². The van der Waals surface area contributed by atoms with Gasteiger partial charge in [0.25, 0.3) is 0 Å². The molecule has 0 spiro atoms. The molecule has 1 amide bonds. The maximum Gasteiger partial charge on any atom is 0.416 e. The number of amides is 1. The van der Waals surface area contributed by atoms with Crippen molar-refractivity contribution >= 4 is 29.1 Å². The van der Waals surface area contributed by atoms with Gasteiger partial charge in [0, 0.05) is 42.4 Å². The van der Waals surface area contributed by atoms with Gasteiger partial charge in [0.05, 0.1) is 27.9 Å². The molecule has 5 aromatic carbocycles. The van der Waals surface area contributed by atoms with Crippen molar-refractivity contribution in [2.24, 2.45) is 0 Å². The predicted molar refractivity (Wildman–Crippen MR) is 219 cm³/mol. The third kappa shape index (κ3) is 12.9. The zero-order valence-electron chi connectivity index (χ0n) is 34.2. The highest BCUT2D eigenvalue weighted by atomic mass is 19.4. The number of hydrogen-bond acceptors (Lipinski definition) is 6. The number of halogens is 8. The largest absolute Gasteiger partial charge is 0.488 e. The van der Waals surface area contributed by atoms with Crippen molar-refractivity contribution in [3.05, 3.63) is 166 Å². The van der Waals surface area contributed by atoms with Crippen LogP contribution in [0.5, 0.6) is 11.5 Å². The number of hydrogen-bond donors (Lipinski definition) is 2. The molecule has 0 saturated heterocycles. The number of aromatic carboxylic acids is 1. The molecule has 1 heterocycles. The van der Waals surface area contributed by atoms with Gasteiger partial charge in [-0.3, -0.25) is 9.59 Å². The highest BCUT2D eigenvalue weighted by Crippen LogP contribution is 2.40. The SMILES string of the molecule is CC(=O)CCC(=O)c1cc(C(F)(F)F)ccc1OCc1ccc(F)cc1.CC(=O)Nc1cc(C(=O)O)cc(-n2c(C)ccc2-c2cc(C(F)(F)F)ccc2OCc2ccc(F)cc2)c1. The van der Waals surface area contributed by atoms with Crippen LogP contribution in [0.4, 0.5) is 40.8 Å². The second kappa shape index (κ2) is 20.3. The summed E-state index contributed by atoms with van der Waals surface area (Å²) in [5.74, 6) is -3.25. The highest BCUT2D eigenvalue weighted by molar-refractivity contribution is 6.00. The van der Waals surface area contributed by atoms with Crippen LogP contribution in [-0.2, 0) is 35.2 Å². The summed E-state index contributed by atoms with van der Waals surface area (Å²) < 4.78 is 119. The van der Waals surface area contributed by atoms with Gasteiger partial charge in [0.2, 0.25) is 5.91 Å². The standard InChI is InChI=1S/C28H22F4N2O4.C19H16F4O3/c1-16-3-9-25(34(16)23-12-19(27(36)37)11-22(14-23)33-17(2)35)24-13-20(28(30,31)32)6-10-26(24)38-15-18-4-7-21(29)8-5-18;1-12(24)2-8-17(25)16-10-14(19(21,22)23)5-9-18(16)26-11-13-3-6-15(20)7-4-13/h3-14H,15H2,1-2H3,(H,33,35)(H,36,37);3-7,9-10H,2,8,11H2,1H3. The summed E-state index contributed by atoms with van der Waals surface area (Å²) in [6, 6.07) is 24.0. The van der Waals surface area contributed by atoms with Crippen LogP contribution < -0.4 is 14.8 Å². The van der Waals surface area contributed by atoms with E-state index in [1.807, 2.05) is 0 Å². The number of carboxylic acids is 1. The predicted octanol–water partition coefficient (Wildman–Crippen LogP) is 11.8. The van der Waals surface area contributed by atoms with E-state index >= 15 is 0 Å². The van der Waals surface area contributed by atoms with Crippen LogP contribution in [-0.4, -0.2) is 33.1 Å². The van der Waals surface area contributed by atoms with E-state index in [1.165, 1.54) is 86.6 Å². The molecular weight excluding hydrogens is 857 g/mol. The van der Waals surface area contributed by atoms with Gasteiger partial charge in [0.15, 0.2) is 5.78 Å². The molecular formula is C47H38F8N2O7. The summed E-state index contributed by atoms with van der Waals surface area (Å²) in [6.45, 7) is 4.21. The van der Waals surface area contributed by atoms with E-state index in [0.29, 0.717) is 28.2 Å². The van der Waals surface area contributed by atoms with Gasteiger partial charge < -0.3 is 29.3 Å². The molecule has 334 valence electrons. The average molecular weight is 895 g/mol. The van der Waals surface area contributed by atoms with Gasteiger partial charge in [-0.1, -0.05) is 24.3 Å². The Hall–Kier alpha value is -7.30. The Labute approximate surface area is 360 Å². The quantitative estimate of drug-likeness (QED) is 0.0824. The summed E-state index contributed by atoms with van der Waals surface area (Å²) >= 11 is 0. The number of aryl methyl sites for hydroxylation is 1. The van der Waals surface area contributed by atoms with E-state index in [4.69, 9.17) is 9.47 Å². The minimum Gasteiger partial charge on any atom is -0.488 e. The van der Waals surface area contributed by atoms with Gasteiger partial charge in [-0.2, -0.15) is 26.3 Å². The van der Waals surface area contributed by atoms with E-state index in [1.54, 1.807) is 23.6 Å². The molecule has 0 unspecified atom stereocenters. The molecule has 0 saturated carbocycles. The number of benzene rings is 5.